The van der Waals surface area contributed by atoms with Crippen molar-refractivity contribution in [3.8, 4) is 10.6 Å². The van der Waals surface area contributed by atoms with Crippen molar-refractivity contribution >= 4 is 17.2 Å². The van der Waals surface area contributed by atoms with E-state index >= 15 is 0 Å². The Bertz CT molecular complexity index is 777. The number of hydrogen-bond acceptors (Lipinski definition) is 5. The Kier molecular flexibility index (Phi) is 5.61. The minimum Gasteiger partial charge on any atom is -0.347 e. The SMILES string of the molecule is Cc1ccc(-c2cc(C(=O)N[C@@H]3CCCN(C4CCN(C)CC4)C3)n[nH]2)s1. The zero-order valence-corrected chi connectivity index (χ0v) is 17.0. The minimum atomic E-state index is -0.0685. The highest BCUT2D eigenvalue weighted by molar-refractivity contribution is 7.15. The number of hydrogen-bond donors (Lipinski definition) is 2. The van der Waals surface area contributed by atoms with E-state index in [1.807, 2.05) is 6.07 Å². The molecule has 0 spiro atoms. The number of carbonyl (C=O) groups excluding carboxylic acids is 1. The molecule has 6 nitrogen and oxygen atoms in total. The molecule has 1 amide bonds. The van der Waals surface area contributed by atoms with Crippen LogP contribution in [0.3, 0.4) is 0 Å². The van der Waals surface area contributed by atoms with Gasteiger partial charge in [0.1, 0.15) is 0 Å². The lowest BCUT2D eigenvalue weighted by atomic mass is 9.98. The standard InChI is InChI=1S/C20H29N5OS/c1-14-5-6-19(27-14)17-12-18(23-22-17)20(26)21-15-4-3-9-25(13-15)16-7-10-24(2)11-8-16/h5-6,12,15-16H,3-4,7-11,13H2,1-2H3,(H,21,26)(H,22,23)/t15-/m1/s1. The van der Waals surface area contributed by atoms with Crippen LogP contribution in [0.1, 0.15) is 41.0 Å². The summed E-state index contributed by atoms with van der Waals surface area (Å²) in [6, 6.07) is 6.89. The molecule has 2 saturated heterocycles. The summed E-state index contributed by atoms with van der Waals surface area (Å²) in [4.78, 5) is 20.0. The smallest absolute Gasteiger partial charge is 0.272 e. The number of likely N-dealkylation sites (tertiary alicyclic amines) is 2. The molecule has 0 radical (unpaired) electrons. The van der Waals surface area contributed by atoms with Gasteiger partial charge in [0, 0.05) is 23.5 Å². The van der Waals surface area contributed by atoms with Gasteiger partial charge in [-0.25, -0.2) is 0 Å². The molecule has 0 saturated carbocycles. The number of H-pyrrole nitrogens is 1. The average molecular weight is 388 g/mol. The summed E-state index contributed by atoms with van der Waals surface area (Å²) in [6.07, 6.45) is 4.67. The maximum absolute atomic E-state index is 12.7. The van der Waals surface area contributed by atoms with E-state index in [-0.39, 0.29) is 11.9 Å². The average Bonchev–Trinajstić information content (AvgIpc) is 3.31. The van der Waals surface area contributed by atoms with Crippen molar-refractivity contribution in [1.82, 2.24) is 25.3 Å². The highest BCUT2D eigenvalue weighted by atomic mass is 32.1. The monoisotopic (exact) mass is 387 g/mol. The van der Waals surface area contributed by atoms with Crippen molar-refractivity contribution in [1.29, 1.82) is 0 Å². The van der Waals surface area contributed by atoms with Gasteiger partial charge in [-0.3, -0.25) is 14.8 Å². The second-order valence-corrected chi connectivity index (χ2v) is 9.21. The molecule has 146 valence electrons. The van der Waals surface area contributed by atoms with Gasteiger partial charge >= 0.3 is 0 Å². The lowest BCUT2D eigenvalue weighted by Crippen LogP contribution is -2.53. The zero-order chi connectivity index (χ0) is 18.8. The Balaban J connectivity index is 1.34. The molecule has 0 aliphatic carbocycles. The van der Waals surface area contributed by atoms with Gasteiger partial charge < -0.3 is 10.2 Å². The first-order valence-electron chi connectivity index (χ1n) is 9.94. The Morgan fingerprint density at radius 1 is 1.26 bits per heavy atom. The lowest BCUT2D eigenvalue weighted by molar-refractivity contribution is 0.0763. The van der Waals surface area contributed by atoms with Crippen LogP contribution in [-0.2, 0) is 0 Å². The molecular formula is C20H29N5OS. The maximum Gasteiger partial charge on any atom is 0.272 e. The first-order valence-corrected chi connectivity index (χ1v) is 10.8. The number of rotatable bonds is 4. The number of thiophene rings is 1. The summed E-state index contributed by atoms with van der Waals surface area (Å²) in [6.45, 7) is 6.55. The molecule has 1 atom stereocenters. The van der Waals surface area contributed by atoms with Crippen molar-refractivity contribution in [2.45, 2.75) is 44.7 Å². The van der Waals surface area contributed by atoms with E-state index in [1.54, 1.807) is 11.3 Å². The highest BCUT2D eigenvalue weighted by Gasteiger charge is 2.29. The second-order valence-electron chi connectivity index (χ2n) is 7.92. The zero-order valence-electron chi connectivity index (χ0n) is 16.2. The summed E-state index contributed by atoms with van der Waals surface area (Å²) < 4.78 is 0. The quantitative estimate of drug-likeness (QED) is 0.847. The number of amides is 1. The fourth-order valence-electron chi connectivity index (χ4n) is 4.22. The Labute approximate surface area is 164 Å². The van der Waals surface area contributed by atoms with Crippen LogP contribution < -0.4 is 5.32 Å². The van der Waals surface area contributed by atoms with Crippen LogP contribution in [0.4, 0.5) is 0 Å². The fourth-order valence-corrected chi connectivity index (χ4v) is 5.05. The third-order valence-corrected chi connectivity index (χ3v) is 6.84. The van der Waals surface area contributed by atoms with Gasteiger partial charge in [0.2, 0.25) is 0 Å². The van der Waals surface area contributed by atoms with Crippen LogP contribution >= 0.6 is 11.3 Å². The van der Waals surface area contributed by atoms with E-state index in [1.165, 1.54) is 30.8 Å². The summed E-state index contributed by atoms with van der Waals surface area (Å²) in [5.74, 6) is -0.0685. The molecular weight excluding hydrogens is 358 g/mol. The Hall–Kier alpha value is -1.70. The fraction of sp³-hybridized carbons (Fsp3) is 0.600. The first-order chi connectivity index (χ1) is 13.1. The van der Waals surface area contributed by atoms with Crippen molar-refractivity contribution < 1.29 is 4.79 Å². The molecule has 2 aromatic rings. The van der Waals surface area contributed by atoms with Crippen LogP contribution in [-0.4, -0.2) is 71.2 Å². The van der Waals surface area contributed by atoms with E-state index in [9.17, 15) is 4.79 Å². The molecule has 2 aliphatic heterocycles. The topological polar surface area (TPSA) is 64.3 Å². The summed E-state index contributed by atoms with van der Waals surface area (Å²) in [5.41, 5.74) is 1.39. The largest absolute Gasteiger partial charge is 0.347 e. The molecule has 2 N–H and O–H groups in total. The summed E-state index contributed by atoms with van der Waals surface area (Å²) >= 11 is 1.70. The molecule has 4 heterocycles. The molecule has 4 rings (SSSR count). The second kappa shape index (κ2) is 8.12. The van der Waals surface area contributed by atoms with E-state index < -0.39 is 0 Å². The number of carbonyl (C=O) groups is 1. The molecule has 0 aromatic carbocycles. The molecule has 0 unspecified atom stereocenters. The number of piperidine rings is 2. The normalized spacial score (nSPS) is 22.8. The number of nitrogens with one attached hydrogen (secondary N) is 2. The molecule has 27 heavy (non-hydrogen) atoms. The van der Waals surface area contributed by atoms with Crippen molar-refractivity contribution in [3.05, 3.63) is 28.8 Å². The number of aromatic amines is 1. The predicted octanol–water partition coefficient (Wildman–Crippen LogP) is 2.74. The van der Waals surface area contributed by atoms with Gasteiger partial charge in [0.25, 0.3) is 5.91 Å². The maximum atomic E-state index is 12.7. The third-order valence-electron chi connectivity index (χ3n) is 5.81. The van der Waals surface area contributed by atoms with Crippen LogP contribution in [0.5, 0.6) is 0 Å². The van der Waals surface area contributed by atoms with Crippen molar-refractivity contribution in [2.24, 2.45) is 0 Å². The van der Waals surface area contributed by atoms with Crippen LogP contribution in [0.15, 0.2) is 18.2 Å². The lowest BCUT2D eigenvalue weighted by Gasteiger charge is -2.41. The Morgan fingerprint density at radius 3 is 2.81 bits per heavy atom. The van der Waals surface area contributed by atoms with Crippen LogP contribution in [0.2, 0.25) is 0 Å². The Morgan fingerprint density at radius 2 is 2.07 bits per heavy atom. The predicted molar refractivity (Wildman–Crippen MR) is 109 cm³/mol. The van der Waals surface area contributed by atoms with E-state index in [2.05, 4.69) is 51.4 Å². The van der Waals surface area contributed by atoms with E-state index in [0.717, 1.165) is 36.5 Å². The minimum absolute atomic E-state index is 0.0685. The molecule has 2 aromatic heterocycles. The number of aromatic nitrogens is 2. The molecule has 2 fully saturated rings. The molecule has 2 aliphatic rings. The summed E-state index contributed by atoms with van der Waals surface area (Å²) in [5, 5.41) is 10.5. The molecule has 0 bridgehead atoms. The van der Waals surface area contributed by atoms with E-state index in [4.69, 9.17) is 0 Å². The third kappa shape index (κ3) is 4.42. The van der Waals surface area contributed by atoms with Gasteiger partial charge in [-0.2, -0.15) is 5.10 Å². The number of aryl methyl sites for hydroxylation is 1. The van der Waals surface area contributed by atoms with Crippen LogP contribution in [0, 0.1) is 6.92 Å². The highest BCUT2D eigenvalue weighted by Crippen LogP contribution is 2.26. The van der Waals surface area contributed by atoms with Gasteiger partial charge in [0.15, 0.2) is 5.69 Å². The molecule has 7 heteroatoms. The van der Waals surface area contributed by atoms with Gasteiger partial charge in [-0.05, 0) is 77.5 Å². The van der Waals surface area contributed by atoms with Gasteiger partial charge in [-0.15, -0.1) is 11.3 Å². The number of nitrogens with zero attached hydrogens (tertiary/aromatic N) is 3. The van der Waals surface area contributed by atoms with Gasteiger partial charge in [0.05, 0.1) is 10.6 Å². The first kappa shape index (κ1) is 18.7. The van der Waals surface area contributed by atoms with Crippen molar-refractivity contribution in [2.75, 3.05) is 33.2 Å². The van der Waals surface area contributed by atoms with Gasteiger partial charge in [-0.1, -0.05) is 0 Å². The van der Waals surface area contributed by atoms with Crippen LogP contribution in [0.25, 0.3) is 10.6 Å². The van der Waals surface area contributed by atoms with Crippen molar-refractivity contribution in [3.63, 3.8) is 0 Å². The van der Waals surface area contributed by atoms with E-state index in [0.29, 0.717) is 11.7 Å². The summed E-state index contributed by atoms with van der Waals surface area (Å²) in [7, 11) is 2.20.